The van der Waals surface area contributed by atoms with Gasteiger partial charge in [0.25, 0.3) is 5.89 Å². The smallest absolute Gasteiger partial charge is 0.405 e. The summed E-state index contributed by atoms with van der Waals surface area (Å²) in [7, 11) is -3.33. The van der Waals surface area contributed by atoms with Crippen LogP contribution in [0.3, 0.4) is 0 Å². The Hall–Kier alpha value is -2.42. The summed E-state index contributed by atoms with van der Waals surface area (Å²) in [5.41, 5.74) is 5.37. The molecule has 1 heterocycles. The standard InChI is InChI=1S/C12H13N3O5S/c1-7(19-12(13)16)11-14-10(15-20-11)8-4-3-5-9(6-8)21(2,17)18/h3-7H,1-2H3,(H2,13,16). The van der Waals surface area contributed by atoms with Crippen LogP contribution in [0.1, 0.15) is 18.9 Å². The van der Waals surface area contributed by atoms with Crippen molar-refractivity contribution in [1.29, 1.82) is 0 Å². The fraction of sp³-hybridized carbons (Fsp3) is 0.250. The van der Waals surface area contributed by atoms with Crippen molar-refractivity contribution in [1.82, 2.24) is 10.1 Å². The van der Waals surface area contributed by atoms with E-state index in [1.165, 1.54) is 19.1 Å². The van der Waals surface area contributed by atoms with Crippen molar-refractivity contribution in [3.8, 4) is 11.4 Å². The Labute approximate surface area is 120 Å². The van der Waals surface area contributed by atoms with Gasteiger partial charge in [-0.15, -0.1) is 0 Å². The quantitative estimate of drug-likeness (QED) is 0.901. The molecule has 1 atom stereocenters. The minimum atomic E-state index is -3.33. The minimum Gasteiger partial charge on any atom is -0.437 e. The van der Waals surface area contributed by atoms with Crippen molar-refractivity contribution in [2.45, 2.75) is 17.9 Å². The number of nitrogens with two attached hydrogens (primary N) is 1. The second-order valence-electron chi connectivity index (χ2n) is 4.34. The van der Waals surface area contributed by atoms with Crippen LogP contribution < -0.4 is 5.73 Å². The molecule has 2 aromatic rings. The average molecular weight is 311 g/mol. The number of sulfone groups is 1. The van der Waals surface area contributed by atoms with E-state index in [-0.39, 0.29) is 16.6 Å². The monoisotopic (exact) mass is 311 g/mol. The van der Waals surface area contributed by atoms with Gasteiger partial charge in [-0.05, 0) is 19.1 Å². The Balaban J connectivity index is 2.32. The Kier molecular flexibility index (Phi) is 3.94. The number of rotatable bonds is 4. The van der Waals surface area contributed by atoms with Gasteiger partial charge in [-0.1, -0.05) is 17.3 Å². The Bertz CT molecular complexity index is 769. The molecule has 21 heavy (non-hydrogen) atoms. The molecule has 112 valence electrons. The molecule has 0 aliphatic heterocycles. The lowest BCUT2D eigenvalue weighted by molar-refractivity contribution is 0.0959. The van der Waals surface area contributed by atoms with Crippen molar-refractivity contribution in [3.05, 3.63) is 30.2 Å². The van der Waals surface area contributed by atoms with E-state index in [0.29, 0.717) is 5.56 Å². The number of hydrogen-bond donors (Lipinski definition) is 1. The average Bonchev–Trinajstić information content (AvgIpc) is 2.86. The highest BCUT2D eigenvalue weighted by Gasteiger charge is 2.18. The summed E-state index contributed by atoms with van der Waals surface area (Å²) in [5.74, 6) is 0.254. The first-order valence-electron chi connectivity index (χ1n) is 5.87. The predicted octanol–water partition coefficient (Wildman–Crippen LogP) is 1.30. The molecule has 0 aliphatic carbocycles. The molecule has 0 saturated carbocycles. The highest BCUT2D eigenvalue weighted by Crippen LogP contribution is 2.22. The van der Waals surface area contributed by atoms with Crippen molar-refractivity contribution >= 4 is 15.9 Å². The maximum Gasteiger partial charge on any atom is 0.405 e. The van der Waals surface area contributed by atoms with Crippen LogP contribution in [-0.4, -0.2) is 30.9 Å². The summed E-state index contributed by atoms with van der Waals surface area (Å²) in [4.78, 5) is 14.9. The molecule has 1 amide bonds. The van der Waals surface area contributed by atoms with Gasteiger partial charge in [-0.25, -0.2) is 13.2 Å². The Morgan fingerprint density at radius 1 is 1.43 bits per heavy atom. The Morgan fingerprint density at radius 3 is 2.76 bits per heavy atom. The van der Waals surface area contributed by atoms with Crippen LogP contribution in [0, 0.1) is 0 Å². The van der Waals surface area contributed by atoms with Gasteiger partial charge >= 0.3 is 6.09 Å². The van der Waals surface area contributed by atoms with E-state index >= 15 is 0 Å². The van der Waals surface area contributed by atoms with E-state index < -0.39 is 22.0 Å². The van der Waals surface area contributed by atoms with Crippen molar-refractivity contribution in [2.75, 3.05) is 6.26 Å². The molecule has 0 fully saturated rings. The second kappa shape index (κ2) is 5.52. The van der Waals surface area contributed by atoms with E-state index in [4.69, 9.17) is 15.0 Å². The third kappa shape index (κ3) is 3.57. The van der Waals surface area contributed by atoms with Gasteiger partial charge in [0.1, 0.15) is 0 Å². The lowest BCUT2D eigenvalue weighted by Crippen LogP contribution is -2.15. The number of hydrogen-bond acceptors (Lipinski definition) is 7. The number of benzene rings is 1. The number of carbonyl (C=O) groups excluding carboxylic acids is 1. The van der Waals surface area contributed by atoms with Gasteiger partial charge in [0.15, 0.2) is 15.9 Å². The van der Waals surface area contributed by atoms with E-state index in [1.807, 2.05) is 0 Å². The molecule has 1 unspecified atom stereocenters. The lowest BCUT2D eigenvalue weighted by Gasteiger charge is -2.04. The van der Waals surface area contributed by atoms with E-state index in [1.54, 1.807) is 12.1 Å². The molecule has 2 N–H and O–H groups in total. The zero-order chi connectivity index (χ0) is 15.6. The number of aromatic nitrogens is 2. The van der Waals surface area contributed by atoms with Crippen LogP contribution in [-0.2, 0) is 14.6 Å². The van der Waals surface area contributed by atoms with Crippen molar-refractivity contribution < 1.29 is 22.5 Å². The molecule has 0 radical (unpaired) electrons. The minimum absolute atomic E-state index is 0.0635. The van der Waals surface area contributed by atoms with Gasteiger partial charge in [0.2, 0.25) is 5.82 Å². The number of amides is 1. The van der Waals surface area contributed by atoms with E-state index in [0.717, 1.165) is 6.26 Å². The Morgan fingerprint density at radius 2 is 2.14 bits per heavy atom. The van der Waals surface area contributed by atoms with Crippen LogP contribution in [0.25, 0.3) is 11.4 Å². The van der Waals surface area contributed by atoms with Gasteiger partial charge < -0.3 is 15.0 Å². The molecule has 2 rings (SSSR count). The fourth-order valence-corrected chi connectivity index (χ4v) is 2.27. The molecule has 9 heteroatoms. The third-order valence-electron chi connectivity index (χ3n) is 2.60. The molecular weight excluding hydrogens is 298 g/mol. The summed E-state index contributed by atoms with van der Waals surface area (Å²) in [6.45, 7) is 1.52. The summed E-state index contributed by atoms with van der Waals surface area (Å²) in [6.07, 6.45) is -0.639. The maximum atomic E-state index is 11.5. The zero-order valence-electron chi connectivity index (χ0n) is 11.3. The third-order valence-corrected chi connectivity index (χ3v) is 3.71. The first kappa shape index (κ1) is 15.0. The first-order chi connectivity index (χ1) is 9.77. The zero-order valence-corrected chi connectivity index (χ0v) is 12.1. The number of ether oxygens (including phenoxy) is 1. The second-order valence-corrected chi connectivity index (χ2v) is 6.35. The molecule has 0 spiro atoms. The van der Waals surface area contributed by atoms with Gasteiger partial charge in [-0.2, -0.15) is 4.98 Å². The van der Waals surface area contributed by atoms with Gasteiger partial charge in [0.05, 0.1) is 4.90 Å². The SMILES string of the molecule is CC(OC(N)=O)c1nc(-c2cccc(S(C)(=O)=O)c2)no1. The van der Waals surface area contributed by atoms with Crippen LogP contribution >= 0.6 is 0 Å². The summed E-state index contributed by atoms with van der Waals surface area (Å²) < 4.78 is 32.7. The fourth-order valence-electron chi connectivity index (χ4n) is 1.61. The summed E-state index contributed by atoms with van der Waals surface area (Å²) in [6, 6.07) is 6.12. The summed E-state index contributed by atoms with van der Waals surface area (Å²) in [5, 5.41) is 3.72. The molecule has 1 aromatic carbocycles. The number of carbonyl (C=O) groups is 1. The molecule has 0 saturated heterocycles. The van der Waals surface area contributed by atoms with Crippen molar-refractivity contribution in [3.63, 3.8) is 0 Å². The molecule has 0 aliphatic rings. The lowest BCUT2D eigenvalue weighted by atomic mass is 10.2. The maximum absolute atomic E-state index is 11.5. The first-order valence-corrected chi connectivity index (χ1v) is 7.76. The van der Waals surface area contributed by atoms with E-state index in [9.17, 15) is 13.2 Å². The number of primary amides is 1. The van der Waals surface area contributed by atoms with Crippen molar-refractivity contribution in [2.24, 2.45) is 5.73 Å². The van der Waals surface area contributed by atoms with E-state index in [2.05, 4.69) is 10.1 Å². The molecule has 0 bridgehead atoms. The topological polar surface area (TPSA) is 125 Å². The number of nitrogens with zero attached hydrogens (tertiary/aromatic N) is 2. The largest absolute Gasteiger partial charge is 0.437 e. The predicted molar refractivity (Wildman–Crippen MR) is 71.9 cm³/mol. The molecular formula is C12H13N3O5S. The highest BCUT2D eigenvalue weighted by atomic mass is 32.2. The molecule has 8 nitrogen and oxygen atoms in total. The highest BCUT2D eigenvalue weighted by molar-refractivity contribution is 7.90. The normalized spacial score (nSPS) is 12.9. The van der Waals surface area contributed by atoms with Crippen LogP contribution in [0.4, 0.5) is 4.79 Å². The van der Waals surface area contributed by atoms with Crippen LogP contribution in [0.15, 0.2) is 33.7 Å². The summed E-state index contributed by atoms with van der Waals surface area (Å²) >= 11 is 0. The van der Waals surface area contributed by atoms with Crippen LogP contribution in [0.2, 0.25) is 0 Å². The van der Waals surface area contributed by atoms with Gasteiger partial charge in [0, 0.05) is 11.8 Å². The molecule has 1 aromatic heterocycles. The van der Waals surface area contributed by atoms with Crippen LogP contribution in [0.5, 0.6) is 0 Å². The van der Waals surface area contributed by atoms with Gasteiger partial charge in [-0.3, -0.25) is 0 Å².